The molecule has 1 aromatic carbocycles. The Balaban J connectivity index is 1.94. The number of benzene rings is 1. The third-order valence-corrected chi connectivity index (χ3v) is 5.34. The highest BCUT2D eigenvalue weighted by Crippen LogP contribution is 2.17. The van der Waals surface area contributed by atoms with Crippen LogP contribution in [-0.2, 0) is 19.6 Å². The van der Waals surface area contributed by atoms with E-state index in [0.29, 0.717) is 17.2 Å². The van der Waals surface area contributed by atoms with E-state index < -0.39 is 28.5 Å². The molecule has 140 valence electrons. The van der Waals surface area contributed by atoms with Crippen molar-refractivity contribution in [3.05, 3.63) is 47.4 Å². The van der Waals surface area contributed by atoms with Crippen LogP contribution in [0.3, 0.4) is 0 Å². The molecule has 0 aliphatic carbocycles. The number of ether oxygens (including phenoxy) is 1. The number of hydrogen-bond donors (Lipinski definition) is 1. The summed E-state index contributed by atoms with van der Waals surface area (Å²) in [6.45, 7) is 2.86. The molecule has 0 spiro atoms. The van der Waals surface area contributed by atoms with E-state index in [1.54, 1.807) is 19.9 Å². The van der Waals surface area contributed by atoms with Gasteiger partial charge in [-0.3, -0.25) is 4.79 Å². The molecule has 0 saturated heterocycles. The van der Waals surface area contributed by atoms with Gasteiger partial charge in [-0.2, -0.15) is 0 Å². The first-order valence-electron chi connectivity index (χ1n) is 7.68. The number of carbonyl (C=O) groups is 2. The van der Waals surface area contributed by atoms with Gasteiger partial charge in [0.15, 0.2) is 6.61 Å². The van der Waals surface area contributed by atoms with Gasteiger partial charge in [0.2, 0.25) is 10.0 Å². The summed E-state index contributed by atoms with van der Waals surface area (Å²) in [5.41, 5.74) is 0.660. The third-order valence-electron chi connectivity index (χ3n) is 3.51. The molecule has 0 unspecified atom stereocenters. The molecular weight excluding hydrogens is 360 g/mol. The second-order valence-corrected chi connectivity index (χ2v) is 7.91. The first kappa shape index (κ1) is 19.7. The van der Waals surface area contributed by atoms with E-state index in [-0.39, 0.29) is 10.5 Å². The number of nitrogens with zero attached hydrogens (tertiary/aromatic N) is 1. The van der Waals surface area contributed by atoms with E-state index in [2.05, 4.69) is 5.32 Å². The van der Waals surface area contributed by atoms with Gasteiger partial charge in [-0.25, -0.2) is 17.5 Å². The molecule has 1 amide bonds. The Morgan fingerprint density at radius 2 is 1.77 bits per heavy atom. The minimum Gasteiger partial charge on any atom is -0.466 e. The predicted molar refractivity (Wildman–Crippen MR) is 94.4 cm³/mol. The highest BCUT2D eigenvalue weighted by Gasteiger charge is 2.18. The molecule has 9 heteroatoms. The summed E-state index contributed by atoms with van der Waals surface area (Å²) >= 11 is 0. The molecular formula is C17H20N2O6S. The second kappa shape index (κ2) is 7.71. The van der Waals surface area contributed by atoms with Crippen molar-refractivity contribution in [1.82, 2.24) is 4.31 Å². The maximum Gasteiger partial charge on any atom is 0.342 e. The van der Waals surface area contributed by atoms with Gasteiger partial charge in [0.05, 0.1) is 4.90 Å². The zero-order chi connectivity index (χ0) is 19.5. The summed E-state index contributed by atoms with van der Waals surface area (Å²) in [6.07, 6.45) is 0. The lowest BCUT2D eigenvalue weighted by Gasteiger charge is -2.12. The van der Waals surface area contributed by atoms with Gasteiger partial charge in [-0.15, -0.1) is 0 Å². The lowest BCUT2D eigenvalue weighted by molar-refractivity contribution is -0.119. The quantitative estimate of drug-likeness (QED) is 0.768. The van der Waals surface area contributed by atoms with Crippen LogP contribution >= 0.6 is 0 Å². The van der Waals surface area contributed by atoms with Crippen molar-refractivity contribution in [3.8, 4) is 0 Å². The number of rotatable bonds is 6. The van der Waals surface area contributed by atoms with Gasteiger partial charge in [-0.05, 0) is 44.2 Å². The number of furan rings is 1. The Morgan fingerprint density at radius 1 is 1.15 bits per heavy atom. The molecule has 0 fully saturated rings. The highest BCUT2D eigenvalue weighted by atomic mass is 32.2. The van der Waals surface area contributed by atoms with Crippen LogP contribution in [0.15, 0.2) is 39.6 Å². The van der Waals surface area contributed by atoms with Gasteiger partial charge in [0.25, 0.3) is 5.91 Å². The van der Waals surface area contributed by atoms with Crippen LogP contribution in [0, 0.1) is 13.8 Å². The highest BCUT2D eigenvalue weighted by molar-refractivity contribution is 7.89. The predicted octanol–water partition coefficient (Wildman–Crippen LogP) is 1.94. The van der Waals surface area contributed by atoms with E-state index >= 15 is 0 Å². The monoisotopic (exact) mass is 380 g/mol. The van der Waals surface area contributed by atoms with Crippen LogP contribution in [0.4, 0.5) is 5.69 Å². The van der Waals surface area contributed by atoms with Crippen LogP contribution < -0.4 is 5.32 Å². The molecule has 0 radical (unpaired) electrons. The molecule has 0 bridgehead atoms. The lowest BCUT2D eigenvalue weighted by Crippen LogP contribution is -2.22. The topological polar surface area (TPSA) is 106 Å². The fourth-order valence-corrected chi connectivity index (χ4v) is 3.06. The van der Waals surface area contributed by atoms with Crippen molar-refractivity contribution in [1.29, 1.82) is 0 Å². The first-order chi connectivity index (χ1) is 12.1. The Kier molecular flexibility index (Phi) is 5.83. The Morgan fingerprint density at radius 3 is 2.27 bits per heavy atom. The van der Waals surface area contributed by atoms with Crippen LogP contribution in [0.1, 0.15) is 21.9 Å². The molecule has 2 aromatic rings. The van der Waals surface area contributed by atoms with E-state index in [1.807, 2.05) is 0 Å². The fraction of sp³-hybridized carbons (Fsp3) is 0.294. The molecule has 0 saturated carbocycles. The van der Waals surface area contributed by atoms with E-state index in [4.69, 9.17) is 9.15 Å². The standard InChI is InChI=1S/C17H20N2O6S/c1-11-9-15(12(2)25-11)17(21)24-10-16(20)18-13-5-7-14(8-6-13)26(22,23)19(3)4/h5-9H,10H2,1-4H3,(H,18,20). The normalized spacial score (nSPS) is 11.4. The van der Waals surface area contributed by atoms with Crippen molar-refractivity contribution in [2.45, 2.75) is 18.7 Å². The first-order valence-corrected chi connectivity index (χ1v) is 9.12. The minimum absolute atomic E-state index is 0.109. The number of aryl methyl sites for hydroxylation is 2. The summed E-state index contributed by atoms with van der Waals surface area (Å²) in [7, 11) is -0.668. The van der Waals surface area contributed by atoms with E-state index in [1.165, 1.54) is 38.4 Å². The number of sulfonamides is 1. The van der Waals surface area contributed by atoms with Gasteiger partial charge < -0.3 is 14.5 Å². The van der Waals surface area contributed by atoms with Crippen molar-refractivity contribution < 1.29 is 27.2 Å². The number of amides is 1. The maximum atomic E-state index is 12.0. The number of hydrogen-bond acceptors (Lipinski definition) is 6. The molecule has 0 aliphatic heterocycles. The van der Waals surface area contributed by atoms with Gasteiger partial charge in [0.1, 0.15) is 17.1 Å². The smallest absolute Gasteiger partial charge is 0.342 e. The molecule has 1 aromatic heterocycles. The second-order valence-electron chi connectivity index (χ2n) is 5.76. The van der Waals surface area contributed by atoms with Crippen LogP contribution in [0.5, 0.6) is 0 Å². The molecule has 1 N–H and O–H groups in total. The Labute approximate surface area is 151 Å². The van der Waals surface area contributed by atoms with Gasteiger partial charge in [0, 0.05) is 19.8 Å². The maximum absolute atomic E-state index is 12.0. The lowest BCUT2D eigenvalue weighted by atomic mass is 10.2. The summed E-state index contributed by atoms with van der Waals surface area (Å²) < 4.78 is 35.2. The Hall–Kier alpha value is -2.65. The number of carbonyl (C=O) groups excluding carboxylic acids is 2. The van der Waals surface area contributed by atoms with Crippen molar-refractivity contribution in [2.24, 2.45) is 0 Å². The van der Waals surface area contributed by atoms with Crippen molar-refractivity contribution >= 4 is 27.6 Å². The number of esters is 1. The largest absolute Gasteiger partial charge is 0.466 e. The van der Waals surface area contributed by atoms with Crippen molar-refractivity contribution in [2.75, 3.05) is 26.0 Å². The molecule has 26 heavy (non-hydrogen) atoms. The van der Waals surface area contributed by atoms with Gasteiger partial charge in [-0.1, -0.05) is 0 Å². The van der Waals surface area contributed by atoms with E-state index in [9.17, 15) is 18.0 Å². The average molecular weight is 380 g/mol. The number of anilines is 1. The summed E-state index contributed by atoms with van der Waals surface area (Å²) in [4.78, 5) is 23.9. The molecule has 2 rings (SSSR count). The molecule has 1 heterocycles. The van der Waals surface area contributed by atoms with Gasteiger partial charge >= 0.3 is 5.97 Å². The molecule has 8 nitrogen and oxygen atoms in total. The summed E-state index contributed by atoms with van der Waals surface area (Å²) in [6, 6.07) is 7.22. The summed E-state index contributed by atoms with van der Waals surface area (Å²) in [5.74, 6) is -0.196. The van der Waals surface area contributed by atoms with Crippen LogP contribution in [0.25, 0.3) is 0 Å². The van der Waals surface area contributed by atoms with Crippen molar-refractivity contribution in [3.63, 3.8) is 0 Å². The average Bonchev–Trinajstić information content (AvgIpc) is 2.91. The molecule has 0 aliphatic rings. The van der Waals surface area contributed by atoms with E-state index in [0.717, 1.165) is 4.31 Å². The third kappa shape index (κ3) is 4.50. The van der Waals surface area contributed by atoms with Crippen LogP contribution in [-0.4, -0.2) is 45.3 Å². The zero-order valence-electron chi connectivity index (χ0n) is 14.9. The summed E-state index contributed by atoms with van der Waals surface area (Å²) in [5, 5.41) is 2.53. The Bertz CT molecular complexity index is 913. The van der Waals surface area contributed by atoms with Crippen LogP contribution in [0.2, 0.25) is 0 Å². The fourth-order valence-electron chi connectivity index (χ4n) is 2.16. The SMILES string of the molecule is Cc1cc(C(=O)OCC(=O)Nc2ccc(S(=O)(=O)N(C)C)cc2)c(C)o1. The number of nitrogens with one attached hydrogen (secondary N) is 1. The zero-order valence-corrected chi connectivity index (χ0v) is 15.7. The minimum atomic E-state index is -3.53. The molecule has 0 atom stereocenters.